The van der Waals surface area contributed by atoms with Crippen molar-refractivity contribution in [3.05, 3.63) is 47.8 Å². The van der Waals surface area contributed by atoms with E-state index in [9.17, 15) is 0 Å². The van der Waals surface area contributed by atoms with Gasteiger partial charge in [0, 0.05) is 12.2 Å². The van der Waals surface area contributed by atoms with Crippen LogP contribution in [0.3, 0.4) is 0 Å². The number of nitrogens with one attached hydrogen (secondary N) is 2. The molecule has 0 unspecified atom stereocenters. The third kappa shape index (κ3) is 5.32. The number of hydrogen-bond acceptors (Lipinski definition) is 5. The van der Waals surface area contributed by atoms with E-state index in [4.69, 9.17) is 14.8 Å². The maximum Gasteiger partial charge on any atom is 0.137 e. The lowest BCUT2D eigenvalue weighted by Crippen LogP contribution is -2.28. The maximum atomic E-state index is 5.33. The molecule has 2 fully saturated rings. The topological polar surface area (TPSA) is 64.0 Å². The Morgan fingerprint density at radius 3 is 2.58 bits per heavy atom. The van der Waals surface area contributed by atoms with E-state index < -0.39 is 0 Å². The van der Waals surface area contributed by atoms with Gasteiger partial charge in [-0.2, -0.15) is 5.10 Å². The molecule has 1 aliphatic carbocycles. The highest BCUT2D eigenvalue weighted by molar-refractivity contribution is 5.92. The van der Waals surface area contributed by atoms with Crippen LogP contribution in [-0.4, -0.2) is 41.0 Å². The average Bonchev–Trinajstić information content (AvgIpc) is 3.23. The smallest absolute Gasteiger partial charge is 0.137 e. The van der Waals surface area contributed by atoms with E-state index in [2.05, 4.69) is 33.5 Å². The molecule has 1 saturated heterocycles. The van der Waals surface area contributed by atoms with Gasteiger partial charge in [0.05, 0.1) is 30.3 Å². The highest BCUT2D eigenvalue weighted by Gasteiger charge is 2.21. The first-order valence-corrected chi connectivity index (χ1v) is 12.7. The van der Waals surface area contributed by atoms with Gasteiger partial charge in [0.25, 0.3) is 0 Å². The second-order valence-corrected chi connectivity index (χ2v) is 9.72. The summed E-state index contributed by atoms with van der Waals surface area (Å²) >= 11 is 0. The first-order valence-electron chi connectivity index (χ1n) is 12.7. The molecular formula is C27H37N5O. The SMILES string of the molecule is COc1ccc(Cn2nc(CCC3CCNCC3)c3c(NC4CCCCC4)nccc32)cc1. The van der Waals surface area contributed by atoms with Gasteiger partial charge < -0.3 is 15.4 Å². The van der Waals surface area contributed by atoms with Gasteiger partial charge in [-0.1, -0.05) is 31.4 Å². The summed E-state index contributed by atoms with van der Waals surface area (Å²) in [4.78, 5) is 4.81. The zero-order valence-corrected chi connectivity index (χ0v) is 19.9. The Morgan fingerprint density at radius 1 is 1.03 bits per heavy atom. The number of pyridine rings is 1. The number of fused-ring (bicyclic) bond motifs is 1. The van der Waals surface area contributed by atoms with Gasteiger partial charge in [-0.3, -0.25) is 4.68 Å². The van der Waals surface area contributed by atoms with Crippen molar-refractivity contribution in [1.29, 1.82) is 0 Å². The molecule has 3 heterocycles. The predicted molar refractivity (Wildman–Crippen MR) is 134 cm³/mol. The van der Waals surface area contributed by atoms with Gasteiger partial charge in [0.15, 0.2) is 0 Å². The number of nitrogens with zero attached hydrogens (tertiary/aromatic N) is 3. The Kier molecular flexibility index (Phi) is 7.10. The average molecular weight is 448 g/mol. The van der Waals surface area contributed by atoms with E-state index in [-0.39, 0.29) is 0 Å². The monoisotopic (exact) mass is 447 g/mol. The fraction of sp³-hybridized carbons (Fsp3) is 0.556. The summed E-state index contributed by atoms with van der Waals surface area (Å²) in [6.07, 6.45) is 13.2. The molecule has 33 heavy (non-hydrogen) atoms. The number of ether oxygens (including phenoxy) is 1. The maximum absolute atomic E-state index is 5.33. The second kappa shape index (κ2) is 10.6. The third-order valence-corrected chi connectivity index (χ3v) is 7.42. The summed E-state index contributed by atoms with van der Waals surface area (Å²) in [6, 6.07) is 11.0. The molecule has 2 aromatic heterocycles. The minimum atomic E-state index is 0.527. The molecule has 1 saturated carbocycles. The lowest BCUT2D eigenvalue weighted by Gasteiger charge is -2.24. The molecule has 176 valence electrons. The summed E-state index contributed by atoms with van der Waals surface area (Å²) in [7, 11) is 1.71. The summed E-state index contributed by atoms with van der Waals surface area (Å²) < 4.78 is 7.50. The molecule has 3 aromatic rings. The zero-order valence-electron chi connectivity index (χ0n) is 19.9. The Morgan fingerprint density at radius 2 is 1.82 bits per heavy atom. The van der Waals surface area contributed by atoms with Crippen LogP contribution >= 0.6 is 0 Å². The van der Waals surface area contributed by atoms with Crippen molar-refractivity contribution < 1.29 is 4.74 Å². The van der Waals surface area contributed by atoms with Crippen LogP contribution in [0.5, 0.6) is 5.75 Å². The van der Waals surface area contributed by atoms with Crippen molar-refractivity contribution in [1.82, 2.24) is 20.1 Å². The molecule has 6 nitrogen and oxygen atoms in total. The van der Waals surface area contributed by atoms with Gasteiger partial charge in [-0.25, -0.2) is 4.98 Å². The van der Waals surface area contributed by atoms with Gasteiger partial charge >= 0.3 is 0 Å². The van der Waals surface area contributed by atoms with Crippen LogP contribution in [0.1, 0.15) is 62.6 Å². The van der Waals surface area contributed by atoms with Crippen LogP contribution in [0.15, 0.2) is 36.5 Å². The van der Waals surface area contributed by atoms with Crippen molar-refractivity contribution >= 4 is 16.7 Å². The van der Waals surface area contributed by atoms with Crippen LogP contribution < -0.4 is 15.4 Å². The van der Waals surface area contributed by atoms with E-state index in [1.165, 1.54) is 73.5 Å². The number of piperidine rings is 1. The van der Waals surface area contributed by atoms with Gasteiger partial charge in [0.1, 0.15) is 11.6 Å². The van der Waals surface area contributed by atoms with E-state index in [0.29, 0.717) is 6.04 Å². The zero-order chi connectivity index (χ0) is 22.5. The largest absolute Gasteiger partial charge is 0.497 e. The number of aryl methyl sites for hydroxylation is 1. The first-order chi connectivity index (χ1) is 16.3. The lowest BCUT2D eigenvalue weighted by atomic mass is 9.92. The summed E-state index contributed by atoms with van der Waals surface area (Å²) in [6.45, 7) is 3.04. The fourth-order valence-electron chi connectivity index (χ4n) is 5.46. The summed E-state index contributed by atoms with van der Waals surface area (Å²) in [5.74, 6) is 2.70. The number of hydrogen-bond donors (Lipinski definition) is 2. The minimum Gasteiger partial charge on any atom is -0.497 e. The summed E-state index contributed by atoms with van der Waals surface area (Å²) in [5.41, 5.74) is 3.60. The number of anilines is 1. The van der Waals surface area contributed by atoms with Crippen molar-refractivity contribution in [3.8, 4) is 5.75 Å². The Bertz CT molecular complexity index is 1030. The Labute approximate surface area is 197 Å². The molecular weight excluding hydrogens is 410 g/mol. The minimum absolute atomic E-state index is 0.527. The predicted octanol–water partition coefficient (Wildman–Crippen LogP) is 5.17. The highest BCUT2D eigenvalue weighted by atomic mass is 16.5. The third-order valence-electron chi connectivity index (χ3n) is 7.42. The molecule has 0 atom stereocenters. The van der Waals surface area contributed by atoms with Crippen LogP contribution in [0, 0.1) is 5.92 Å². The van der Waals surface area contributed by atoms with Crippen molar-refractivity contribution in [3.63, 3.8) is 0 Å². The quantitative estimate of drug-likeness (QED) is 0.499. The highest BCUT2D eigenvalue weighted by Crippen LogP contribution is 2.31. The number of aromatic nitrogens is 3. The normalized spacial score (nSPS) is 18.0. The molecule has 1 aromatic carbocycles. The molecule has 0 spiro atoms. The molecule has 1 aliphatic heterocycles. The molecule has 6 heteroatoms. The molecule has 2 N–H and O–H groups in total. The van der Waals surface area contributed by atoms with Gasteiger partial charge in [0.2, 0.25) is 0 Å². The standard InChI is InChI=1S/C27H37N5O/c1-33-23-10-7-21(8-11-23)19-32-25-15-18-29-27(30-22-5-3-2-4-6-22)26(25)24(31-32)12-9-20-13-16-28-17-14-20/h7-8,10-11,15,18,20,22,28H,2-6,9,12-14,16-17,19H2,1H3,(H,29,30). The van der Waals surface area contributed by atoms with Crippen molar-refractivity contribution in [2.75, 3.05) is 25.5 Å². The Hall–Kier alpha value is -2.60. The number of rotatable bonds is 8. The summed E-state index contributed by atoms with van der Waals surface area (Å²) in [5, 5.41) is 13.7. The number of methoxy groups -OCH3 is 1. The van der Waals surface area contributed by atoms with E-state index in [0.717, 1.165) is 43.5 Å². The van der Waals surface area contributed by atoms with Gasteiger partial charge in [-0.15, -0.1) is 0 Å². The number of benzene rings is 1. The van der Waals surface area contributed by atoms with Crippen LogP contribution in [0.4, 0.5) is 5.82 Å². The van der Waals surface area contributed by atoms with Crippen molar-refractivity contribution in [2.24, 2.45) is 5.92 Å². The lowest BCUT2D eigenvalue weighted by molar-refractivity contribution is 0.353. The first kappa shape index (κ1) is 22.2. The molecule has 5 rings (SSSR count). The molecule has 0 bridgehead atoms. The molecule has 0 radical (unpaired) electrons. The van der Waals surface area contributed by atoms with Gasteiger partial charge in [-0.05, 0) is 81.3 Å². The second-order valence-electron chi connectivity index (χ2n) is 9.72. The fourth-order valence-corrected chi connectivity index (χ4v) is 5.46. The van der Waals surface area contributed by atoms with E-state index in [1.807, 2.05) is 18.3 Å². The Balaban J connectivity index is 1.44. The van der Waals surface area contributed by atoms with Crippen LogP contribution in [0.2, 0.25) is 0 Å². The van der Waals surface area contributed by atoms with Crippen LogP contribution in [0.25, 0.3) is 10.9 Å². The van der Waals surface area contributed by atoms with Crippen LogP contribution in [-0.2, 0) is 13.0 Å². The molecule has 0 amide bonds. The molecule has 2 aliphatic rings. The van der Waals surface area contributed by atoms with E-state index in [1.54, 1.807) is 7.11 Å². The van der Waals surface area contributed by atoms with E-state index >= 15 is 0 Å². The van der Waals surface area contributed by atoms with Crippen molar-refractivity contribution in [2.45, 2.75) is 70.4 Å².